The quantitative estimate of drug-likeness (QED) is 0.869. The Balaban J connectivity index is 1.81. The molecule has 1 aliphatic rings. The van der Waals surface area contributed by atoms with Gasteiger partial charge in [0.25, 0.3) is 0 Å². The summed E-state index contributed by atoms with van der Waals surface area (Å²) in [6.45, 7) is 1.12. The summed E-state index contributed by atoms with van der Waals surface area (Å²) >= 11 is 0. The van der Waals surface area contributed by atoms with Gasteiger partial charge in [0.15, 0.2) is 0 Å². The van der Waals surface area contributed by atoms with Crippen LogP contribution in [0.5, 0.6) is 0 Å². The van der Waals surface area contributed by atoms with E-state index < -0.39 is 16.0 Å². The molecule has 6 nitrogen and oxygen atoms in total. The Morgan fingerprint density at radius 1 is 1.31 bits per heavy atom. The number of carboxylic acid groups (broad SMARTS) is 1. The monoisotopic (exact) mass is 374 g/mol. The molecule has 0 aliphatic carbocycles. The molecular weight excluding hydrogens is 352 g/mol. The number of nitrogens with zero attached hydrogens (tertiary/aromatic N) is 2. The Labute approximate surface area is 153 Å². The van der Waals surface area contributed by atoms with Crippen molar-refractivity contribution < 1.29 is 18.3 Å². The van der Waals surface area contributed by atoms with Gasteiger partial charge in [0.05, 0.1) is 17.5 Å². The normalized spacial score (nSPS) is 18.6. The predicted molar refractivity (Wildman–Crippen MR) is 99.5 cm³/mol. The molecule has 0 spiro atoms. The van der Waals surface area contributed by atoms with Gasteiger partial charge < -0.3 is 5.11 Å². The lowest BCUT2D eigenvalue weighted by Crippen LogP contribution is -2.39. The Kier molecular flexibility index (Phi) is 5.38. The topological polar surface area (TPSA) is 87.6 Å². The molecule has 1 aromatic heterocycles. The van der Waals surface area contributed by atoms with Crippen molar-refractivity contribution in [2.75, 3.05) is 19.3 Å². The number of pyridine rings is 1. The number of piperidine rings is 1. The van der Waals surface area contributed by atoms with Crippen LogP contribution in [0.4, 0.5) is 0 Å². The van der Waals surface area contributed by atoms with Crippen molar-refractivity contribution in [1.82, 2.24) is 9.29 Å². The SMILES string of the molecule is CS(=O)(=O)N1CCC[C@H](Cc2ccnc(-c3ccccc3C(=O)O)c2)C1. The summed E-state index contributed by atoms with van der Waals surface area (Å²) in [5.74, 6) is -0.729. The summed E-state index contributed by atoms with van der Waals surface area (Å²) in [5, 5.41) is 9.37. The first-order valence-corrected chi connectivity index (χ1v) is 10.4. The maximum Gasteiger partial charge on any atom is 0.336 e. The van der Waals surface area contributed by atoms with Gasteiger partial charge in [0.1, 0.15) is 0 Å². The summed E-state index contributed by atoms with van der Waals surface area (Å²) in [6.07, 6.45) is 5.52. The van der Waals surface area contributed by atoms with Crippen molar-refractivity contribution >= 4 is 16.0 Å². The third-order valence-corrected chi connectivity index (χ3v) is 6.00. The molecule has 1 saturated heterocycles. The second kappa shape index (κ2) is 7.55. The number of hydrogen-bond acceptors (Lipinski definition) is 4. The van der Waals surface area contributed by atoms with E-state index in [9.17, 15) is 18.3 Å². The van der Waals surface area contributed by atoms with Gasteiger partial charge in [0, 0.05) is 24.8 Å². The molecule has 0 saturated carbocycles. The molecule has 1 fully saturated rings. The van der Waals surface area contributed by atoms with E-state index in [1.54, 1.807) is 34.8 Å². The van der Waals surface area contributed by atoms with E-state index in [2.05, 4.69) is 4.98 Å². The molecule has 0 amide bonds. The standard InChI is InChI=1S/C19H22N2O4S/c1-26(24,25)21-10-4-5-15(13-21)11-14-8-9-20-18(12-14)16-6-2-3-7-17(16)19(22)23/h2-3,6-9,12,15H,4-5,10-11,13H2,1H3,(H,22,23)/t15-/m1/s1. The van der Waals surface area contributed by atoms with Crippen LogP contribution in [0.25, 0.3) is 11.3 Å². The minimum atomic E-state index is -3.16. The van der Waals surface area contributed by atoms with E-state index in [1.165, 1.54) is 6.26 Å². The number of rotatable bonds is 5. The summed E-state index contributed by atoms with van der Waals surface area (Å²) in [6, 6.07) is 10.6. The van der Waals surface area contributed by atoms with Gasteiger partial charge in [0.2, 0.25) is 10.0 Å². The summed E-state index contributed by atoms with van der Waals surface area (Å²) in [4.78, 5) is 15.8. The first-order chi connectivity index (χ1) is 12.3. The van der Waals surface area contributed by atoms with Crippen molar-refractivity contribution in [3.63, 3.8) is 0 Å². The van der Waals surface area contributed by atoms with Crippen LogP contribution in [0.3, 0.4) is 0 Å². The fourth-order valence-corrected chi connectivity index (χ4v) is 4.41. The van der Waals surface area contributed by atoms with Gasteiger partial charge in [-0.1, -0.05) is 18.2 Å². The number of aromatic carboxylic acids is 1. The molecule has 26 heavy (non-hydrogen) atoms. The van der Waals surface area contributed by atoms with Crippen LogP contribution in [0.15, 0.2) is 42.6 Å². The minimum Gasteiger partial charge on any atom is -0.478 e. The lowest BCUT2D eigenvalue weighted by Gasteiger charge is -2.31. The number of carbonyl (C=O) groups is 1. The molecule has 0 bridgehead atoms. The van der Waals surface area contributed by atoms with Gasteiger partial charge in [-0.15, -0.1) is 0 Å². The lowest BCUT2D eigenvalue weighted by molar-refractivity contribution is 0.0697. The third-order valence-electron chi connectivity index (χ3n) is 4.73. The van der Waals surface area contributed by atoms with Crippen LogP contribution in [0.2, 0.25) is 0 Å². The van der Waals surface area contributed by atoms with Crippen LogP contribution in [-0.2, 0) is 16.4 Å². The number of carboxylic acids is 1. The molecule has 2 aromatic rings. The Bertz CT molecular complexity index is 911. The molecular formula is C19H22N2O4S. The molecule has 1 atom stereocenters. The van der Waals surface area contributed by atoms with Gasteiger partial charge in [-0.25, -0.2) is 17.5 Å². The largest absolute Gasteiger partial charge is 0.478 e. The van der Waals surface area contributed by atoms with E-state index >= 15 is 0 Å². The molecule has 2 heterocycles. The second-order valence-corrected chi connectivity index (χ2v) is 8.72. The first-order valence-electron chi connectivity index (χ1n) is 8.57. The van der Waals surface area contributed by atoms with Crippen LogP contribution in [0, 0.1) is 5.92 Å². The smallest absolute Gasteiger partial charge is 0.336 e. The second-order valence-electron chi connectivity index (χ2n) is 6.73. The highest BCUT2D eigenvalue weighted by molar-refractivity contribution is 7.88. The van der Waals surface area contributed by atoms with Crippen molar-refractivity contribution in [3.8, 4) is 11.3 Å². The Morgan fingerprint density at radius 3 is 2.81 bits per heavy atom. The highest BCUT2D eigenvalue weighted by Crippen LogP contribution is 2.26. The molecule has 1 N–H and O–H groups in total. The molecule has 3 rings (SSSR count). The number of hydrogen-bond donors (Lipinski definition) is 1. The zero-order chi connectivity index (χ0) is 18.7. The van der Waals surface area contributed by atoms with E-state index in [0.717, 1.165) is 24.8 Å². The van der Waals surface area contributed by atoms with Crippen LogP contribution in [-0.4, -0.2) is 48.1 Å². The fraction of sp³-hybridized carbons (Fsp3) is 0.368. The lowest BCUT2D eigenvalue weighted by atomic mass is 9.92. The minimum absolute atomic E-state index is 0.220. The van der Waals surface area contributed by atoms with E-state index in [4.69, 9.17) is 0 Å². The summed E-state index contributed by atoms with van der Waals surface area (Å²) in [7, 11) is -3.16. The van der Waals surface area contributed by atoms with Crippen molar-refractivity contribution in [2.45, 2.75) is 19.3 Å². The maximum absolute atomic E-state index is 11.8. The molecule has 1 aromatic carbocycles. The van der Waals surface area contributed by atoms with Crippen LogP contribution in [0.1, 0.15) is 28.8 Å². The highest BCUT2D eigenvalue weighted by Gasteiger charge is 2.26. The van der Waals surface area contributed by atoms with Crippen molar-refractivity contribution in [1.29, 1.82) is 0 Å². The number of aromatic nitrogens is 1. The van der Waals surface area contributed by atoms with Gasteiger partial charge in [-0.05, 0) is 48.9 Å². The molecule has 0 unspecified atom stereocenters. The first kappa shape index (κ1) is 18.5. The zero-order valence-electron chi connectivity index (χ0n) is 14.6. The fourth-order valence-electron chi connectivity index (χ4n) is 3.47. The van der Waals surface area contributed by atoms with E-state index in [0.29, 0.717) is 24.3 Å². The average Bonchev–Trinajstić information content (AvgIpc) is 2.61. The summed E-state index contributed by atoms with van der Waals surface area (Å²) in [5.41, 5.74) is 2.47. The van der Waals surface area contributed by atoms with Gasteiger partial charge >= 0.3 is 5.97 Å². The zero-order valence-corrected chi connectivity index (χ0v) is 15.4. The highest BCUT2D eigenvalue weighted by atomic mass is 32.2. The van der Waals surface area contributed by atoms with Crippen molar-refractivity contribution in [3.05, 3.63) is 53.7 Å². The Morgan fingerprint density at radius 2 is 2.08 bits per heavy atom. The molecule has 138 valence electrons. The maximum atomic E-state index is 11.8. The average molecular weight is 374 g/mol. The third kappa shape index (κ3) is 4.28. The van der Waals surface area contributed by atoms with E-state index in [1.807, 2.05) is 12.1 Å². The molecule has 7 heteroatoms. The van der Waals surface area contributed by atoms with Gasteiger partial charge in [-0.3, -0.25) is 4.98 Å². The number of sulfonamides is 1. The number of benzene rings is 1. The van der Waals surface area contributed by atoms with Crippen LogP contribution >= 0.6 is 0 Å². The predicted octanol–water partition coefficient (Wildman–Crippen LogP) is 2.66. The summed E-state index contributed by atoms with van der Waals surface area (Å²) < 4.78 is 25.1. The van der Waals surface area contributed by atoms with Crippen LogP contribution < -0.4 is 0 Å². The van der Waals surface area contributed by atoms with Gasteiger partial charge in [-0.2, -0.15) is 0 Å². The molecule has 0 radical (unpaired) electrons. The Hall–Kier alpha value is -2.25. The molecule has 1 aliphatic heterocycles. The van der Waals surface area contributed by atoms with E-state index in [-0.39, 0.29) is 11.5 Å². The van der Waals surface area contributed by atoms with Crippen molar-refractivity contribution in [2.24, 2.45) is 5.92 Å².